The molecule has 0 aliphatic heterocycles. The summed E-state index contributed by atoms with van der Waals surface area (Å²) < 4.78 is 5.03. The lowest BCUT2D eigenvalue weighted by Gasteiger charge is -2.11. The summed E-state index contributed by atoms with van der Waals surface area (Å²) in [6.45, 7) is 3.26. The van der Waals surface area contributed by atoms with Gasteiger partial charge in [-0.2, -0.15) is 0 Å². The van der Waals surface area contributed by atoms with E-state index in [9.17, 15) is 0 Å². The van der Waals surface area contributed by atoms with Crippen molar-refractivity contribution in [3.8, 4) is 0 Å². The van der Waals surface area contributed by atoms with Gasteiger partial charge in [0.15, 0.2) is 0 Å². The first-order valence-electron chi connectivity index (χ1n) is 4.30. The number of hydrogen-bond donors (Lipinski definition) is 0. The molecule has 0 bridgehead atoms. The van der Waals surface area contributed by atoms with Crippen molar-refractivity contribution in [1.29, 1.82) is 0 Å². The largest absolute Gasteiger partial charge is 0.385 e. The quantitative estimate of drug-likeness (QED) is 0.512. The molecule has 0 N–H and O–H groups in total. The van der Waals surface area contributed by atoms with E-state index in [-0.39, 0.29) is 0 Å². The van der Waals surface area contributed by atoms with Crippen LogP contribution in [0.2, 0.25) is 0 Å². The molecule has 2 heteroatoms. The lowest BCUT2D eigenvalue weighted by atomic mass is 10.0. The molecule has 2 atom stereocenters. The standard InChI is InChI=1S/C9H17BrO/c1-8-6-9(8,7-10)4-3-5-11-2/h8H,3-7H2,1-2H3. The van der Waals surface area contributed by atoms with Gasteiger partial charge < -0.3 is 4.74 Å². The fourth-order valence-electron chi connectivity index (χ4n) is 1.72. The van der Waals surface area contributed by atoms with Gasteiger partial charge in [-0.3, -0.25) is 0 Å². The summed E-state index contributed by atoms with van der Waals surface area (Å²) in [5.41, 5.74) is 0.637. The van der Waals surface area contributed by atoms with Gasteiger partial charge in [0.05, 0.1) is 0 Å². The molecule has 0 aromatic heterocycles. The van der Waals surface area contributed by atoms with Gasteiger partial charge in [0.2, 0.25) is 0 Å². The zero-order valence-corrected chi connectivity index (χ0v) is 8.99. The molecular weight excluding hydrogens is 204 g/mol. The average Bonchev–Trinajstić information content (AvgIpc) is 2.64. The minimum atomic E-state index is 0.637. The molecule has 0 spiro atoms. The van der Waals surface area contributed by atoms with E-state index >= 15 is 0 Å². The summed E-state index contributed by atoms with van der Waals surface area (Å²) in [4.78, 5) is 0. The minimum Gasteiger partial charge on any atom is -0.385 e. The molecule has 2 unspecified atom stereocenters. The highest BCUT2D eigenvalue weighted by atomic mass is 79.9. The lowest BCUT2D eigenvalue weighted by Crippen LogP contribution is -2.06. The van der Waals surface area contributed by atoms with Crippen LogP contribution in [-0.2, 0) is 4.74 Å². The third-order valence-electron chi connectivity index (χ3n) is 2.89. The summed E-state index contributed by atoms with van der Waals surface area (Å²) >= 11 is 3.59. The fourth-order valence-corrected chi connectivity index (χ4v) is 2.78. The van der Waals surface area contributed by atoms with Crippen molar-refractivity contribution < 1.29 is 4.74 Å². The zero-order chi connectivity index (χ0) is 8.32. The molecular formula is C9H17BrO. The van der Waals surface area contributed by atoms with Crippen LogP contribution in [-0.4, -0.2) is 19.0 Å². The van der Waals surface area contributed by atoms with Crippen LogP contribution >= 0.6 is 15.9 Å². The van der Waals surface area contributed by atoms with Gasteiger partial charge in [0, 0.05) is 19.0 Å². The second-order valence-electron chi connectivity index (χ2n) is 3.70. The van der Waals surface area contributed by atoms with E-state index in [0.717, 1.165) is 12.5 Å². The van der Waals surface area contributed by atoms with Crippen LogP contribution in [0.5, 0.6) is 0 Å². The van der Waals surface area contributed by atoms with Gasteiger partial charge in [0.1, 0.15) is 0 Å². The van der Waals surface area contributed by atoms with Gasteiger partial charge >= 0.3 is 0 Å². The van der Waals surface area contributed by atoms with E-state index in [1.807, 2.05) is 0 Å². The molecule has 0 heterocycles. The molecule has 1 rings (SSSR count). The molecule has 1 aliphatic rings. The van der Waals surface area contributed by atoms with E-state index in [0.29, 0.717) is 5.41 Å². The van der Waals surface area contributed by atoms with Crippen LogP contribution in [0.15, 0.2) is 0 Å². The molecule has 0 aromatic rings. The Morgan fingerprint density at radius 3 is 2.64 bits per heavy atom. The summed E-state index contributed by atoms with van der Waals surface area (Å²) in [5.74, 6) is 0.929. The third kappa shape index (κ3) is 2.19. The van der Waals surface area contributed by atoms with Crippen molar-refractivity contribution in [3.05, 3.63) is 0 Å². The lowest BCUT2D eigenvalue weighted by molar-refractivity contribution is 0.185. The van der Waals surface area contributed by atoms with Crippen LogP contribution in [0.3, 0.4) is 0 Å². The van der Waals surface area contributed by atoms with Crippen LogP contribution in [0.25, 0.3) is 0 Å². The van der Waals surface area contributed by atoms with Crippen LogP contribution in [0.1, 0.15) is 26.2 Å². The second kappa shape index (κ2) is 3.90. The monoisotopic (exact) mass is 220 g/mol. The van der Waals surface area contributed by atoms with Crippen LogP contribution in [0, 0.1) is 11.3 Å². The molecule has 0 aromatic carbocycles. The van der Waals surface area contributed by atoms with Crippen LogP contribution < -0.4 is 0 Å². The predicted molar refractivity (Wildman–Crippen MR) is 51.1 cm³/mol. The number of alkyl halides is 1. The topological polar surface area (TPSA) is 9.23 Å². The highest BCUT2D eigenvalue weighted by molar-refractivity contribution is 9.09. The minimum absolute atomic E-state index is 0.637. The molecule has 66 valence electrons. The normalized spacial score (nSPS) is 35.7. The Hall–Kier alpha value is 0.440. The maximum Gasteiger partial charge on any atom is 0.0462 e. The van der Waals surface area contributed by atoms with Gasteiger partial charge in [-0.15, -0.1) is 0 Å². The average molecular weight is 221 g/mol. The molecule has 1 saturated carbocycles. The third-order valence-corrected chi connectivity index (χ3v) is 4.00. The van der Waals surface area contributed by atoms with Crippen molar-refractivity contribution in [2.75, 3.05) is 19.0 Å². The number of methoxy groups -OCH3 is 1. The first-order valence-corrected chi connectivity index (χ1v) is 5.42. The summed E-state index contributed by atoms with van der Waals surface area (Å²) in [6, 6.07) is 0. The maximum absolute atomic E-state index is 5.03. The molecule has 1 nitrogen and oxygen atoms in total. The van der Waals surface area contributed by atoms with E-state index in [1.54, 1.807) is 7.11 Å². The van der Waals surface area contributed by atoms with E-state index < -0.39 is 0 Å². The SMILES string of the molecule is COCCCC1(CBr)CC1C. The molecule has 0 amide bonds. The summed E-state index contributed by atoms with van der Waals surface area (Å²) in [5, 5.41) is 1.17. The van der Waals surface area contributed by atoms with Crippen molar-refractivity contribution in [3.63, 3.8) is 0 Å². The molecule has 1 aliphatic carbocycles. The van der Waals surface area contributed by atoms with Gasteiger partial charge in [-0.1, -0.05) is 22.9 Å². The molecule has 0 radical (unpaired) electrons. The number of rotatable bonds is 5. The first-order chi connectivity index (χ1) is 5.25. The molecule has 1 fully saturated rings. The predicted octanol–water partition coefficient (Wildman–Crippen LogP) is 2.83. The molecule has 11 heavy (non-hydrogen) atoms. The summed E-state index contributed by atoms with van der Waals surface area (Å²) in [6.07, 6.45) is 3.95. The Labute approximate surface area is 77.6 Å². The molecule has 0 saturated heterocycles. The van der Waals surface area contributed by atoms with Gasteiger partial charge in [-0.25, -0.2) is 0 Å². The number of hydrogen-bond acceptors (Lipinski definition) is 1. The number of ether oxygens (including phenoxy) is 1. The Morgan fingerprint density at radius 1 is 1.64 bits per heavy atom. The van der Waals surface area contributed by atoms with Crippen LogP contribution in [0.4, 0.5) is 0 Å². The Morgan fingerprint density at radius 2 is 2.27 bits per heavy atom. The first kappa shape index (κ1) is 9.53. The fraction of sp³-hybridized carbons (Fsp3) is 1.00. The maximum atomic E-state index is 5.03. The van der Waals surface area contributed by atoms with Gasteiger partial charge in [0.25, 0.3) is 0 Å². The van der Waals surface area contributed by atoms with E-state index in [4.69, 9.17) is 4.74 Å². The van der Waals surface area contributed by atoms with E-state index in [2.05, 4.69) is 22.9 Å². The summed E-state index contributed by atoms with van der Waals surface area (Å²) in [7, 11) is 1.77. The van der Waals surface area contributed by atoms with Gasteiger partial charge in [-0.05, 0) is 30.6 Å². The zero-order valence-electron chi connectivity index (χ0n) is 7.40. The highest BCUT2D eigenvalue weighted by Gasteiger charge is 2.48. The number of halogens is 1. The Balaban J connectivity index is 2.14. The second-order valence-corrected chi connectivity index (χ2v) is 4.26. The Bertz CT molecular complexity index is 123. The Kier molecular flexibility index (Phi) is 3.38. The van der Waals surface area contributed by atoms with Crippen molar-refractivity contribution in [2.24, 2.45) is 11.3 Å². The smallest absolute Gasteiger partial charge is 0.0462 e. The van der Waals surface area contributed by atoms with E-state index in [1.165, 1.54) is 24.6 Å². The van der Waals surface area contributed by atoms with Crippen molar-refractivity contribution in [1.82, 2.24) is 0 Å². The van der Waals surface area contributed by atoms with Crippen molar-refractivity contribution >= 4 is 15.9 Å². The van der Waals surface area contributed by atoms with Crippen molar-refractivity contribution in [2.45, 2.75) is 26.2 Å². The highest BCUT2D eigenvalue weighted by Crippen LogP contribution is 2.56.